The first kappa shape index (κ1) is 15.0. The smallest absolute Gasteiger partial charge is 0.319 e. The second kappa shape index (κ2) is 6.48. The summed E-state index contributed by atoms with van der Waals surface area (Å²) in [6.45, 7) is 0.637. The third kappa shape index (κ3) is 3.85. The van der Waals surface area contributed by atoms with Gasteiger partial charge in [0.1, 0.15) is 5.69 Å². The minimum Gasteiger partial charge on any atom is -0.364 e. The third-order valence-electron chi connectivity index (χ3n) is 3.95. The van der Waals surface area contributed by atoms with E-state index in [2.05, 4.69) is 27.8 Å². The molecule has 0 aliphatic heterocycles. The van der Waals surface area contributed by atoms with E-state index in [1.165, 1.54) is 17.8 Å². The Morgan fingerprint density at radius 1 is 1.17 bits per heavy atom. The van der Waals surface area contributed by atoms with Gasteiger partial charge in [-0.15, -0.1) is 0 Å². The molecule has 1 aliphatic carbocycles. The molecule has 1 heterocycles. The Bertz CT molecular complexity index is 700. The van der Waals surface area contributed by atoms with Gasteiger partial charge in [0.25, 0.3) is 5.91 Å². The van der Waals surface area contributed by atoms with Crippen LogP contribution in [0.3, 0.4) is 0 Å². The van der Waals surface area contributed by atoms with E-state index in [0.29, 0.717) is 24.1 Å². The molecule has 1 aliphatic rings. The van der Waals surface area contributed by atoms with E-state index in [1.54, 1.807) is 6.07 Å². The molecular formula is C17H18N4O2. The lowest BCUT2D eigenvalue weighted by atomic mass is 10.1. The first-order chi connectivity index (χ1) is 11.1. The highest BCUT2D eigenvalue weighted by atomic mass is 16.2. The maximum absolute atomic E-state index is 11.9. The quantitative estimate of drug-likeness (QED) is 0.789. The van der Waals surface area contributed by atoms with E-state index in [9.17, 15) is 9.59 Å². The zero-order chi connectivity index (χ0) is 16.2. The van der Waals surface area contributed by atoms with Gasteiger partial charge < -0.3 is 16.4 Å². The van der Waals surface area contributed by atoms with E-state index in [4.69, 9.17) is 5.73 Å². The number of nitrogens with one attached hydrogen (secondary N) is 2. The highest BCUT2D eigenvalue weighted by Gasteiger charge is 2.37. The Balaban J connectivity index is 1.45. The van der Waals surface area contributed by atoms with Gasteiger partial charge in [-0.3, -0.25) is 4.79 Å². The number of aromatic nitrogens is 1. The summed E-state index contributed by atoms with van der Waals surface area (Å²) in [4.78, 5) is 26.7. The van der Waals surface area contributed by atoms with Gasteiger partial charge in [0.15, 0.2) is 0 Å². The number of rotatable bonds is 5. The van der Waals surface area contributed by atoms with Gasteiger partial charge in [-0.05, 0) is 36.0 Å². The second-order valence-corrected chi connectivity index (χ2v) is 5.64. The van der Waals surface area contributed by atoms with Gasteiger partial charge in [0.2, 0.25) is 0 Å². The van der Waals surface area contributed by atoms with Crippen molar-refractivity contribution in [1.82, 2.24) is 10.3 Å². The molecule has 23 heavy (non-hydrogen) atoms. The summed E-state index contributed by atoms with van der Waals surface area (Å²) in [6, 6.07) is 13.1. The maximum Gasteiger partial charge on any atom is 0.319 e. The van der Waals surface area contributed by atoms with Crippen LogP contribution >= 0.6 is 0 Å². The zero-order valence-electron chi connectivity index (χ0n) is 12.5. The predicted molar refractivity (Wildman–Crippen MR) is 87.1 cm³/mol. The first-order valence-corrected chi connectivity index (χ1v) is 7.49. The molecule has 0 radical (unpaired) electrons. The highest BCUT2D eigenvalue weighted by molar-refractivity contribution is 5.92. The largest absolute Gasteiger partial charge is 0.364 e. The zero-order valence-corrected chi connectivity index (χ0v) is 12.5. The first-order valence-electron chi connectivity index (χ1n) is 7.49. The summed E-state index contributed by atoms with van der Waals surface area (Å²) < 4.78 is 0. The summed E-state index contributed by atoms with van der Waals surface area (Å²) in [5.74, 6) is 0.424. The summed E-state index contributed by atoms with van der Waals surface area (Å²) in [5.41, 5.74) is 7.12. The maximum atomic E-state index is 11.9. The molecule has 6 nitrogen and oxygen atoms in total. The van der Waals surface area contributed by atoms with E-state index < -0.39 is 5.91 Å². The molecule has 1 aromatic carbocycles. The molecule has 1 fully saturated rings. The molecule has 0 unspecified atom stereocenters. The number of carbonyl (C=O) groups is 2. The number of benzene rings is 1. The Hall–Kier alpha value is -2.89. The molecule has 0 saturated heterocycles. The van der Waals surface area contributed by atoms with Crippen molar-refractivity contribution in [2.24, 2.45) is 11.7 Å². The normalized spacial score (nSPS) is 19.0. The van der Waals surface area contributed by atoms with Crippen molar-refractivity contribution in [3.8, 4) is 0 Å². The molecular weight excluding hydrogens is 292 g/mol. The van der Waals surface area contributed by atoms with E-state index in [-0.39, 0.29) is 11.7 Å². The molecule has 118 valence electrons. The van der Waals surface area contributed by atoms with Crippen molar-refractivity contribution in [2.45, 2.75) is 12.3 Å². The minimum atomic E-state index is -0.596. The monoisotopic (exact) mass is 310 g/mol. The fourth-order valence-corrected chi connectivity index (χ4v) is 2.59. The van der Waals surface area contributed by atoms with Crippen LogP contribution in [0.2, 0.25) is 0 Å². The summed E-state index contributed by atoms with van der Waals surface area (Å²) >= 11 is 0. The van der Waals surface area contributed by atoms with Gasteiger partial charge in [0, 0.05) is 6.54 Å². The van der Waals surface area contributed by atoms with Crippen molar-refractivity contribution < 1.29 is 9.59 Å². The fourth-order valence-electron chi connectivity index (χ4n) is 2.59. The van der Waals surface area contributed by atoms with Crippen molar-refractivity contribution >= 4 is 17.6 Å². The molecule has 1 aromatic heterocycles. The molecule has 1 saturated carbocycles. The standard InChI is InChI=1S/C17H18N4O2/c18-16(22)15-7-6-13(10-19-15)21-17(23)20-9-12-8-14(12)11-4-2-1-3-5-11/h1-7,10,12,14H,8-9H2,(H2,18,22)(H2,20,21,23)/t12-,14+/m1/s1. The van der Waals surface area contributed by atoms with Gasteiger partial charge >= 0.3 is 6.03 Å². The third-order valence-corrected chi connectivity index (χ3v) is 3.95. The summed E-state index contributed by atoms with van der Waals surface area (Å²) in [6.07, 6.45) is 2.50. The molecule has 4 N–H and O–H groups in total. The second-order valence-electron chi connectivity index (χ2n) is 5.64. The molecule has 3 rings (SSSR count). The van der Waals surface area contributed by atoms with E-state index >= 15 is 0 Å². The number of carbonyl (C=O) groups excluding carboxylic acids is 2. The van der Waals surface area contributed by atoms with Crippen molar-refractivity contribution in [3.05, 3.63) is 59.9 Å². The Kier molecular flexibility index (Phi) is 4.23. The lowest BCUT2D eigenvalue weighted by molar-refractivity contribution is 0.0995. The van der Waals surface area contributed by atoms with Crippen molar-refractivity contribution in [3.63, 3.8) is 0 Å². The highest BCUT2D eigenvalue weighted by Crippen LogP contribution is 2.46. The molecule has 2 aromatic rings. The molecule has 6 heteroatoms. The molecule has 3 amide bonds. The minimum absolute atomic E-state index is 0.166. The molecule has 0 spiro atoms. The van der Waals surface area contributed by atoms with Gasteiger partial charge in [-0.2, -0.15) is 0 Å². The SMILES string of the molecule is NC(=O)c1ccc(NC(=O)NC[C@H]2C[C@H]2c2ccccc2)cn1. The van der Waals surface area contributed by atoms with Crippen LogP contribution < -0.4 is 16.4 Å². The van der Waals surface area contributed by atoms with Crippen LogP contribution in [0.1, 0.15) is 28.4 Å². The van der Waals surface area contributed by atoms with E-state index in [0.717, 1.165) is 6.42 Å². The Morgan fingerprint density at radius 3 is 2.61 bits per heavy atom. The summed E-state index contributed by atoms with van der Waals surface area (Å²) in [5, 5.41) is 5.54. The number of hydrogen-bond donors (Lipinski definition) is 3. The van der Waals surface area contributed by atoms with Crippen molar-refractivity contribution in [2.75, 3.05) is 11.9 Å². The topological polar surface area (TPSA) is 97.1 Å². The predicted octanol–water partition coefficient (Wildman–Crippen LogP) is 2.11. The number of nitrogens with zero attached hydrogens (tertiary/aromatic N) is 1. The molecule has 2 atom stereocenters. The van der Waals surface area contributed by atoms with Crippen molar-refractivity contribution in [1.29, 1.82) is 0 Å². The van der Waals surface area contributed by atoms with E-state index in [1.807, 2.05) is 18.2 Å². The average molecular weight is 310 g/mol. The average Bonchev–Trinajstić information content (AvgIpc) is 3.34. The lowest BCUT2D eigenvalue weighted by Crippen LogP contribution is -2.30. The number of primary amides is 1. The number of nitrogens with two attached hydrogens (primary N) is 1. The number of urea groups is 1. The van der Waals surface area contributed by atoms with Crippen LogP contribution in [-0.4, -0.2) is 23.5 Å². The van der Waals surface area contributed by atoms with Crippen LogP contribution in [0.5, 0.6) is 0 Å². The van der Waals surface area contributed by atoms with Crippen LogP contribution in [0, 0.1) is 5.92 Å². The van der Waals surface area contributed by atoms with Crippen LogP contribution in [0.4, 0.5) is 10.5 Å². The van der Waals surface area contributed by atoms with Crippen LogP contribution in [-0.2, 0) is 0 Å². The van der Waals surface area contributed by atoms with Gasteiger partial charge in [0.05, 0.1) is 11.9 Å². The number of hydrogen-bond acceptors (Lipinski definition) is 3. The fraction of sp³-hybridized carbons (Fsp3) is 0.235. The Morgan fingerprint density at radius 2 is 1.96 bits per heavy atom. The lowest BCUT2D eigenvalue weighted by Gasteiger charge is -2.07. The van der Waals surface area contributed by atoms with Crippen LogP contribution in [0.25, 0.3) is 0 Å². The number of amides is 3. The number of pyridine rings is 1. The Labute approximate surface area is 134 Å². The van der Waals surface area contributed by atoms with Gasteiger partial charge in [-0.1, -0.05) is 30.3 Å². The number of anilines is 1. The molecule has 0 bridgehead atoms. The van der Waals surface area contributed by atoms with Gasteiger partial charge in [-0.25, -0.2) is 9.78 Å². The van der Waals surface area contributed by atoms with Crippen LogP contribution in [0.15, 0.2) is 48.7 Å². The summed E-state index contributed by atoms with van der Waals surface area (Å²) in [7, 11) is 0.